The molecule has 4 heterocycles. The van der Waals surface area contributed by atoms with E-state index in [0.29, 0.717) is 10.9 Å². The summed E-state index contributed by atoms with van der Waals surface area (Å²) in [5, 5.41) is 10.9. The third-order valence-corrected chi connectivity index (χ3v) is 5.84. The van der Waals surface area contributed by atoms with Crippen molar-refractivity contribution in [3.05, 3.63) is 23.2 Å². The Balaban J connectivity index is 1.70. The zero-order valence-electron chi connectivity index (χ0n) is 12.3. The minimum atomic E-state index is 0.0946. The summed E-state index contributed by atoms with van der Waals surface area (Å²) in [6, 6.07) is 5.74. The maximum Gasteiger partial charge on any atom is 0.372 e. The lowest BCUT2D eigenvalue weighted by Crippen LogP contribution is -2.60. The van der Waals surface area contributed by atoms with Crippen molar-refractivity contribution < 1.29 is 9.50 Å². The normalized spacial score (nSPS) is 31.9. The molecule has 21 heavy (non-hydrogen) atoms. The first-order valence-corrected chi connectivity index (χ1v) is 8.11. The van der Waals surface area contributed by atoms with Gasteiger partial charge in [-0.1, -0.05) is 17.7 Å². The van der Waals surface area contributed by atoms with E-state index in [9.17, 15) is 5.11 Å². The van der Waals surface area contributed by atoms with Crippen LogP contribution in [-0.4, -0.2) is 46.7 Å². The second-order valence-electron chi connectivity index (χ2n) is 6.98. The number of aromatic nitrogens is 2. The van der Waals surface area contributed by atoms with Crippen molar-refractivity contribution >= 4 is 30.6 Å². The van der Waals surface area contributed by atoms with Gasteiger partial charge in [-0.3, -0.25) is 4.57 Å². The number of quaternary nitrogens is 1. The Kier molecular flexibility index (Phi) is 2.98. The molecule has 1 N–H and O–H groups in total. The quantitative estimate of drug-likeness (QED) is 0.859. The lowest BCUT2D eigenvalue weighted by atomic mass is 9.75. The summed E-state index contributed by atoms with van der Waals surface area (Å²) in [5.74, 6) is 1.39. The zero-order chi connectivity index (χ0) is 14.6. The molecule has 2 aromatic rings. The third-order valence-electron chi connectivity index (χ3n) is 5.54. The summed E-state index contributed by atoms with van der Waals surface area (Å²) in [7, 11) is 2.36. The van der Waals surface area contributed by atoms with E-state index in [1.807, 2.05) is 22.8 Å². The van der Waals surface area contributed by atoms with Crippen molar-refractivity contribution in [1.29, 1.82) is 0 Å². The molecule has 1 unspecified atom stereocenters. The number of piperidine rings is 3. The number of imidazole rings is 1. The van der Waals surface area contributed by atoms with Gasteiger partial charge in [-0.2, -0.15) is 4.98 Å². The molecule has 0 spiro atoms. The molecule has 6 heteroatoms. The highest BCUT2D eigenvalue weighted by Gasteiger charge is 2.42. The first-order chi connectivity index (χ1) is 10.1. The van der Waals surface area contributed by atoms with Crippen LogP contribution in [0.1, 0.15) is 12.8 Å². The number of nitrogens with zero attached hydrogens (tertiary/aromatic N) is 3. The van der Waals surface area contributed by atoms with Crippen molar-refractivity contribution in [2.45, 2.75) is 19.4 Å². The van der Waals surface area contributed by atoms with Crippen molar-refractivity contribution in [3.8, 4) is 6.01 Å². The molecule has 5 rings (SSSR count). The zero-order valence-corrected chi connectivity index (χ0v) is 13.1. The minimum absolute atomic E-state index is 0.0946. The van der Waals surface area contributed by atoms with Crippen LogP contribution >= 0.6 is 11.6 Å². The molecular weight excluding hydrogens is 284 g/mol. The summed E-state index contributed by atoms with van der Waals surface area (Å²) in [5.41, 5.74) is 1.65. The van der Waals surface area contributed by atoms with E-state index in [-0.39, 0.29) is 6.01 Å². The molecule has 2 bridgehead atoms. The second-order valence-corrected chi connectivity index (χ2v) is 7.38. The van der Waals surface area contributed by atoms with Crippen molar-refractivity contribution in [2.24, 2.45) is 11.8 Å². The van der Waals surface area contributed by atoms with Gasteiger partial charge in [-0.25, -0.2) is 0 Å². The van der Waals surface area contributed by atoms with E-state index in [4.69, 9.17) is 11.6 Å². The lowest BCUT2D eigenvalue weighted by Gasteiger charge is -2.52. The Hall–Kier alpha value is -1.20. The molecule has 0 radical (unpaired) electrons. The molecule has 1 aromatic heterocycles. The Morgan fingerprint density at radius 3 is 2.86 bits per heavy atom. The van der Waals surface area contributed by atoms with Gasteiger partial charge in [0.25, 0.3) is 6.01 Å². The van der Waals surface area contributed by atoms with E-state index in [2.05, 4.69) is 13.0 Å². The Morgan fingerprint density at radius 2 is 2.14 bits per heavy atom. The number of para-hydroxylation sites is 1. The van der Waals surface area contributed by atoms with Crippen LogP contribution in [0.4, 0.5) is 0 Å². The van der Waals surface area contributed by atoms with E-state index < -0.39 is 0 Å². The fraction of sp³-hybridized carbons (Fsp3) is 0.533. The number of benzene rings is 1. The highest BCUT2D eigenvalue weighted by Crippen LogP contribution is 2.38. The molecule has 0 saturated carbocycles. The van der Waals surface area contributed by atoms with E-state index in [1.165, 1.54) is 36.9 Å². The Labute approximate surface area is 130 Å². The van der Waals surface area contributed by atoms with Crippen LogP contribution in [0.25, 0.3) is 11.0 Å². The molecule has 0 aliphatic carbocycles. The van der Waals surface area contributed by atoms with Crippen LogP contribution in [0.5, 0.6) is 6.01 Å². The Morgan fingerprint density at radius 1 is 1.38 bits per heavy atom. The van der Waals surface area contributed by atoms with Crippen LogP contribution in [-0.2, 0) is 6.54 Å². The summed E-state index contributed by atoms with van der Waals surface area (Å²) >= 11 is 6.32. The Bertz CT molecular complexity index is 694. The van der Waals surface area contributed by atoms with Gasteiger partial charge in [-0.05, 0) is 30.9 Å². The van der Waals surface area contributed by atoms with Gasteiger partial charge in [0, 0.05) is 12.5 Å². The molecule has 3 aliphatic heterocycles. The van der Waals surface area contributed by atoms with Crippen molar-refractivity contribution in [1.82, 2.24) is 9.55 Å². The molecule has 110 valence electrons. The molecular formula is C15H20BClN3O+. The van der Waals surface area contributed by atoms with Crippen LogP contribution < -0.4 is 0 Å². The monoisotopic (exact) mass is 304 g/mol. The number of hydrogen-bond acceptors (Lipinski definition) is 2. The topological polar surface area (TPSA) is 38.0 Å². The van der Waals surface area contributed by atoms with Crippen LogP contribution in [0, 0.1) is 11.8 Å². The van der Waals surface area contributed by atoms with Gasteiger partial charge < -0.3 is 9.50 Å². The molecule has 4 nitrogen and oxygen atoms in total. The summed E-state index contributed by atoms with van der Waals surface area (Å²) in [6.45, 7) is 4.63. The molecule has 1 aromatic carbocycles. The van der Waals surface area contributed by atoms with E-state index in [1.54, 1.807) is 0 Å². The first-order valence-electron chi connectivity index (χ1n) is 7.73. The summed E-state index contributed by atoms with van der Waals surface area (Å²) < 4.78 is 3.10. The van der Waals surface area contributed by atoms with Crippen LogP contribution in [0.15, 0.2) is 18.2 Å². The average molecular weight is 305 g/mol. The number of hydrogen-bond donors (Lipinski definition) is 1. The maximum atomic E-state index is 10.2. The fourth-order valence-electron chi connectivity index (χ4n) is 4.32. The highest BCUT2D eigenvalue weighted by atomic mass is 35.5. The lowest BCUT2D eigenvalue weighted by molar-refractivity contribution is -0.841. The standard InChI is InChI=1S/C15H19BClN3O/c16-20-6-4-10(5-7-20)11(9-20)8-19-14-12(17)2-1-3-13(14)18-15(19)21/h1-3,10-11H,4-9,16H2/p+1. The van der Waals surface area contributed by atoms with Gasteiger partial charge in [0.05, 0.1) is 35.7 Å². The predicted molar refractivity (Wildman–Crippen MR) is 86.0 cm³/mol. The van der Waals surface area contributed by atoms with E-state index >= 15 is 0 Å². The SMILES string of the molecule is B[N+]12CCC(CC1)C(Cn1c(O)nc3cccc(Cl)c31)C2. The largest absolute Gasteiger partial charge is 0.480 e. The molecule has 1 atom stereocenters. The number of rotatable bonds is 2. The predicted octanol–water partition coefficient (Wildman–Crippen LogP) is 1.80. The number of aromatic hydroxyl groups is 1. The fourth-order valence-corrected chi connectivity index (χ4v) is 4.60. The summed E-state index contributed by atoms with van der Waals surface area (Å²) in [4.78, 5) is 4.25. The van der Waals surface area contributed by atoms with Crippen LogP contribution in [0.2, 0.25) is 5.02 Å². The van der Waals surface area contributed by atoms with Crippen molar-refractivity contribution in [3.63, 3.8) is 0 Å². The molecule has 0 amide bonds. The number of fused-ring (bicyclic) bond motifs is 4. The van der Waals surface area contributed by atoms with Gasteiger partial charge in [0.15, 0.2) is 0 Å². The minimum Gasteiger partial charge on any atom is -0.480 e. The van der Waals surface area contributed by atoms with E-state index in [0.717, 1.165) is 23.5 Å². The smallest absolute Gasteiger partial charge is 0.372 e. The van der Waals surface area contributed by atoms with Gasteiger partial charge in [-0.15, -0.1) is 0 Å². The summed E-state index contributed by atoms with van der Waals surface area (Å²) in [6.07, 6.45) is 2.62. The number of halogens is 1. The molecule has 3 fully saturated rings. The molecule has 3 saturated heterocycles. The first kappa shape index (κ1) is 13.5. The maximum absolute atomic E-state index is 10.2. The highest BCUT2D eigenvalue weighted by molar-refractivity contribution is 6.35. The second kappa shape index (κ2) is 4.65. The third kappa shape index (κ3) is 2.14. The average Bonchev–Trinajstić information content (AvgIpc) is 2.77. The van der Waals surface area contributed by atoms with Crippen LogP contribution in [0.3, 0.4) is 0 Å². The van der Waals surface area contributed by atoms with Gasteiger partial charge >= 0.3 is 7.98 Å². The van der Waals surface area contributed by atoms with Crippen molar-refractivity contribution in [2.75, 3.05) is 19.6 Å². The molecule has 3 aliphatic rings. The van der Waals surface area contributed by atoms with Gasteiger partial charge in [0.2, 0.25) is 0 Å². The van der Waals surface area contributed by atoms with Gasteiger partial charge in [0.1, 0.15) is 0 Å².